The van der Waals surface area contributed by atoms with E-state index in [-0.39, 0.29) is 0 Å². The Kier molecular flexibility index (Phi) is 3.86. The van der Waals surface area contributed by atoms with E-state index in [4.69, 9.17) is 11.6 Å². The van der Waals surface area contributed by atoms with Crippen molar-refractivity contribution in [3.05, 3.63) is 64.9 Å². The van der Waals surface area contributed by atoms with Crippen molar-refractivity contribution in [3.8, 4) is 0 Å². The summed E-state index contributed by atoms with van der Waals surface area (Å²) in [6.07, 6.45) is 3.72. The van der Waals surface area contributed by atoms with Crippen LogP contribution >= 0.6 is 11.6 Å². The number of carboxylic acid groups (broad SMARTS) is 1. The zero-order chi connectivity index (χ0) is 13.9. The van der Waals surface area contributed by atoms with Gasteiger partial charge < -0.3 is 5.11 Å². The first kappa shape index (κ1) is 13.6. The van der Waals surface area contributed by atoms with Gasteiger partial charge in [0.05, 0.1) is 5.41 Å². The Morgan fingerprint density at radius 1 is 1.32 bits per heavy atom. The van der Waals surface area contributed by atoms with Gasteiger partial charge in [0.2, 0.25) is 0 Å². The molecule has 0 saturated heterocycles. The molecule has 0 aliphatic heterocycles. The molecule has 2 aromatic rings. The van der Waals surface area contributed by atoms with Crippen molar-refractivity contribution in [2.24, 2.45) is 0 Å². The molecule has 0 radical (unpaired) electrons. The number of carbonyl (C=O) groups is 1. The van der Waals surface area contributed by atoms with Gasteiger partial charge in [-0.1, -0.05) is 23.7 Å². The van der Waals surface area contributed by atoms with Crippen molar-refractivity contribution in [3.63, 3.8) is 0 Å². The monoisotopic (exact) mass is 275 g/mol. The van der Waals surface area contributed by atoms with E-state index >= 15 is 0 Å². The minimum Gasteiger partial charge on any atom is -0.481 e. The van der Waals surface area contributed by atoms with E-state index < -0.39 is 11.4 Å². The quantitative estimate of drug-likeness (QED) is 0.931. The van der Waals surface area contributed by atoms with Crippen molar-refractivity contribution >= 4 is 17.6 Å². The van der Waals surface area contributed by atoms with Gasteiger partial charge in [-0.15, -0.1) is 0 Å². The summed E-state index contributed by atoms with van der Waals surface area (Å²) in [5.74, 6) is -0.869. The van der Waals surface area contributed by atoms with E-state index in [0.717, 1.165) is 5.56 Å². The summed E-state index contributed by atoms with van der Waals surface area (Å²) >= 11 is 5.96. The Morgan fingerprint density at radius 3 is 2.58 bits per heavy atom. The zero-order valence-electron chi connectivity index (χ0n) is 10.5. The molecule has 0 saturated carbocycles. The minimum atomic E-state index is -1.01. The van der Waals surface area contributed by atoms with Crippen molar-refractivity contribution in [1.29, 1.82) is 0 Å². The zero-order valence-corrected chi connectivity index (χ0v) is 11.3. The third-order valence-electron chi connectivity index (χ3n) is 3.24. The third kappa shape index (κ3) is 2.93. The van der Waals surface area contributed by atoms with E-state index in [1.165, 1.54) is 0 Å². The number of aromatic nitrogens is 1. The topological polar surface area (TPSA) is 50.2 Å². The van der Waals surface area contributed by atoms with Crippen molar-refractivity contribution < 1.29 is 9.90 Å². The lowest BCUT2D eigenvalue weighted by atomic mass is 9.77. The van der Waals surface area contributed by atoms with E-state index in [9.17, 15) is 9.90 Å². The second-order valence-corrected chi connectivity index (χ2v) is 5.12. The standard InChI is InChI=1S/C15H14ClNO2/c1-15(14(18)19,10-11-5-7-17-8-6-11)12-3-2-4-13(16)9-12/h2-9H,10H2,1H3,(H,18,19). The van der Waals surface area contributed by atoms with Gasteiger partial charge in [0.1, 0.15) is 0 Å². The number of halogens is 1. The number of carboxylic acids is 1. The van der Waals surface area contributed by atoms with E-state index in [0.29, 0.717) is 17.0 Å². The number of rotatable bonds is 4. The van der Waals surface area contributed by atoms with E-state index in [1.54, 1.807) is 43.6 Å². The lowest BCUT2D eigenvalue weighted by molar-refractivity contribution is -0.143. The average Bonchev–Trinajstić information content (AvgIpc) is 2.39. The molecule has 1 unspecified atom stereocenters. The molecule has 0 aliphatic rings. The van der Waals surface area contributed by atoms with Crippen LogP contribution in [-0.2, 0) is 16.6 Å². The number of aliphatic carboxylic acids is 1. The lowest BCUT2D eigenvalue weighted by Gasteiger charge is -2.25. The fraction of sp³-hybridized carbons (Fsp3) is 0.200. The predicted octanol–water partition coefficient (Wildman–Crippen LogP) is 3.32. The molecular formula is C15H14ClNO2. The summed E-state index contributed by atoms with van der Waals surface area (Å²) in [6, 6.07) is 10.7. The van der Waals surface area contributed by atoms with Crippen LogP contribution in [0.5, 0.6) is 0 Å². The van der Waals surface area contributed by atoms with Crippen LogP contribution in [0.2, 0.25) is 5.02 Å². The Bertz CT molecular complexity index is 586. The third-order valence-corrected chi connectivity index (χ3v) is 3.48. The summed E-state index contributed by atoms with van der Waals surface area (Å²) in [5.41, 5.74) is 0.621. The molecule has 98 valence electrons. The summed E-state index contributed by atoms with van der Waals surface area (Å²) in [6.45, 7) is 1.71. The van der Waals surface area contributed by atoms with Crippen LogP contribution in [-0.4, -0.2) is 16.1 Å². The van der Waals surface area contributed by atoms with Gasteiger partial charge in [0, 0.05) is 17.4 Å². The highest BCUT2D eigenvalue weighted by atomic mass is 35.5. The first-order valence-corrected chi connectivity index (χ1v) is 6.28. The number of pyridine rings is 1. The molecule has 0 fully saturated rings. The molecule has 0 bridgehead atoms. The normalized spacial score (nSPS) is 13.8. The van der Waals surface area contributed by atoms with Gasteiger partial charge in [-0.25, -0.2) is 0 Å². The van der Waals surface area contributed by atoms with Gasteiger partial charge in [-0.3, -0.25) is 9.78 Å². The largest absolute Gasteiger partial charge is 0.481 e. The second kappa shape index (κ2) is 5.41. The fourth-order valence-corrected chi connectivity index (χ4v) is 2.23. The van der Waals surface area contributed by atoms with Crippen molar-refractivity contribution in [2.45, 2.75) is 18.8 Å². The van der Waals surface area contributed by atoms with Crippen molar-refractivity contribution in [1.82, 2.24) is 4.98 Å². The first-order valence-electron chi connectivity index (χ1n) is 5.91. The molecule has 3 nitrogen and oxygen atoms in total. The van der Waals surface area contributed by atoms with Gasteiger partial charge in [-0.2, -0.15) is 0 Å². The number of hydrogen-bond acceptors (Lipinski definition) is 2. The Labute approximate surface area is 116 Å². The number of hydrogen-bond donors (Lipinski definition) is 1. The smallest absolute Gasteiger partial charge is 0.314 e. The highest BCUT2D eigenvalue weighted by Crippen LogP contribution is 2.30. The molecule has 1 N–H and O–H groups in total. The van der Waals surface area contributed by atoms with Crippen LogP contribution in [0.1, 0.15) is 18.1 Å². The average molecular weight is 276 g/mol. The molecule has 1 aromatic carbocycles. The molecule has 1 aromatic heterocycles. The molecule has 4 heteroatoms. The maximum Gasteiger partial charge on any atom is 0.314 e. The van der Waals surface area contributed by atoms with Gasteiger partial charge >= 0.3 is 5.97 Å². The van der Waals surface area contributed by atoms with Gasteiger partial charge in [-0.05, 0) is 48.7 Å². The predicted molar refractivity (Wildman–Crippen MR) is 74.4 cm³/mol. The van der Waals surface area contributed by atoms with Crippen LogP contribution in [0.15, 0.2) is 48.8 Å². The Morgan fingerprint density at radius 2 is 2.00 bits per heavy atom. The molecule has 0 spiro atoms. The maximum atomic E-state index is 11.7. The van der Waals surface area contributed by atoms with Crippen LogP contribution < -0.4 is 0 Å². The summed E-state index contributed by atoms with van der Waals surface area (Å²) in [5, 5.41) is 10.1. The van der Waals surface area contributed by atoms with Crippen molar-refractivity contribution in [2.75, 3.05) is 0 Å². The molecular weight excluding hydrogens is 262 g/mol. The highest BCUT2D eigenvalue weighted by Gasteiger charge is 2.35. The van der Waals surface area contributed by atoms with Crippen LogP contribution in [0.25, 0.3) is 0 Å². The molecule has 0 aliphatic carbocycles. The molecule has 19 heavy (non-hydrogen) atoms. The fourth-order valence-electron chi connectivity index (χ4n) is 2.04. The summed E-state index contributed by atoms with van der Waals surface area (Å²) in [7, 11) is 0. The minimum absolute atomic E-state index is 0.394. The van der Waals surface area contributed by atoms with E-state index in [1.807, 2.05) is 12.1 Å². The van der Waals surface area contributed by atoms with Crippen LogP contribution in [0.3, 0.4) is 0 Å². The highest BCUT2D eigenvalue weighted by molar-refractivity contribution is 6.30. The first-order chi connectivity index (χ1) is 9.02. The molecule has 0 amide bonds. The molecule has 2 rings (SSSR count). The number of benzene rings is 1. The van der Waals surface area contributed by atoms with Gasteiger partial charge in [0.15, 0.2) is 0 Å². The Balaban J connectivity index is 2.41. The maximum absolute atomic E-state index is 11.7. The molecule has 1 heterocycles. The SMILES string of the molecule is CC(Cc1ccncc1)(C(=O)O)c1cccc(Cl)c1. The van der Waals surface area contributed by atoms with Crippen LogP contribution in [0, 0.1) is 0 Å². The second-order valence-electron chi connectivity index (χ2n) is 4.68. The van der Waals surface area contributed by atoms with Crippen LogP contribution in [0.4, 0.5) is 0 Å². The molecule has 1 atom stereocenters. The van der Waals surface area contributed by atoms with E-state index in [2.05, 4.69) is 4.98 Å². The lowest BCUT2D eigenvalue weighted by Crippen LogP contribution is -2.34. The summed E-state index contributed by atoms with van der Waals surface area (Å²) in [4.78, 5) is 15.6. The summed E-state index contributed by atoms with van der Waals surface area (Å²) < 4.78 is 0. The van der Waals surface area contributed by atoms with Gasteiger partial charge in [0.25, 0.3) is 0 Å². The Hall–Kier alpha value is -1.87. The number of nitrogens with zero attached hydrogens (tertiary/aromatic N) is 1.